The van der Waals surface area contributed by atoms with Crippen molar-refractivity contribution < 1.29 is 0 Å². The smallest absolute Gasteiger partial charge is 0.303 e. The zero-order chi connectivity index (χ0) is 22.0. The van der Waals surface area contributed by atoms with E-state index in [1.54, 1.807) is 39.9 Å². The summed E-state index contributed by atoms with van der Waals surface area (Å²) in [7, 11) is 0. The molecule has 0 spiro atoms. The van der Waals surface area contributed by atoms with Gasteiger partial charge in [0, 0.05) is 0 Å². The standard InChI is InChI=1S/C21H15N7O.C2H6/c1-13-4-2-3-5-15(13)11-27-19-17(25-21(27)29)10-23-20(26-19)28-12-24-16-7-6-14(9-22)8-18(16)28;1-2/h2-8,10,12H,11H2,1H3,(H,25,29);1-2H3. The fourth-order valence-electron chi connectivity index (χ4n) is 3.39. The minimum absolute atomic E-state index is 0.239. The summed E-state index contributed by atoms with van der Waals surface area (Å²) < 4.78 is 3.31. The predicted molar refractivity (Wildman–Crippen MR) is 119 cm³/mol. The fourth-order valence-corrected chi connectivity index (χ4v) is 3.39. The summed E-state index contributed by atoms with van der Waals surface area (Å²) in [5, 5.41) is 9.19. The highest BCUT2D eigenvalue weighted by molar-refractivity contribution is 5.79. The van der Waals surface area contributed by atoms with Gasteiger partial charge in [0.15, 0.2) is 5.65 Å². The largest absolute Gasteiger partial charge is 0.328 e. The summed E-state index contributed by atoms with van der Waals surface area (Å²) in [6.07, 6.45) is 3.21. The molecule has 0 aliphatic rings. The SMILES string of the molecule is CC.Cc1ccccc1Cn1c(=O)[nH]c2cnc(-n3cnc4ccc(C#N)cc43)nc21. The maximum Gasteiger partial charge on any atom is 0.328 e. The molecule has 31 heavy (non-hydrogen) atoms. The van der Waals surface area contributed by atoms with Crippen molar-refractivity contribution in [2.75, 3.05) is 0 Å². The number of aromatic nitrogens is 6. The topological polar surface area (TPSA) is 105 Å². The Morgan fingerprint density at radius 3 is 2.71 bits per heavy atom. The summed E-state index contributed by atoms with van der Waals surface area (Å²) >= 11 is 0. The van der Waals surface area contributed by atoms with Gasteiger partial charge in [-0.2, -0.15) is 10.2 Å². The Balaban J connectivity index is 0.00000112. The molecule has 0 fully saturated rings. The molecule has 1 N–H and O–H groups in total. The number of nitrogens with zero attached hydrogens (tertiary/aromatic N) is 6. The van der Waals surface area contributed by atoms with Crippen molar-refractivity contribution in [3.63, 3.8) is 0 Å². The van der Waals surface area contributed by atoms with Crippen LogP contribution in [0.15, 0.2) is 59.8 Å². The van der Waals surface area contributed by atoms with Gasteiger partial charge >= 0.3 is 5.69 Å². The van der Waals surface area contributed by atoms with E-state index in [9.17, 15) is 10.1 Å². The van der Waals surface area contributed by atoms with E-state index in [0.717, 1.165) is 22.2 Å². The molecule has 154 valence electrons. The minimum Gasteiger partial charge on any atom is -0.303 e. The van der Waals surface area contributed by atoms with E-state index in [2.05, 4.69) is 26.0 Å². The minimum atomic E-state index is -0.239. The Bertz CT molecular complexity index is 1480. The monoisotopic (exact) mass is 411 g/mol. The molecule has 8 heteroatoms. The zero-order valence-electron chi connectivity index (χ0n) is 17.5. The second-order valence-corrected chi connectivity index (χ2v) is 6.78. The molecule has 0 bridgehead atoms. The van der Waals surface area contributed by atoms with E-state index in [1.807, 2.05) is 45.0 Å². The van der Waals surface area contributed by atoms with Crippen molar-refractivity contribution in [1.29, 1.82) is 5.26 Å². The number of aryl methyl sites for hydroxylation is 1. The van der Waals surface area contributed by atoms with Gasteiger partial charge in [-0.1, -0.05) is 38.1 Å². The number of fused-ring (bicyclic) bond motifs is 2. The second kappa shape index (κ2) is 8.24. The third-order valence-corrected chi connectivity index (χ3v) is 4.98. The average molecular weight is 411 g/mol. The van der Waals surface area contributed by atoms with Gasteiger partial charge in [-0.3, -0.25) is 9.13 Å². The Kier molecular flexibility index (Phi) is 5.33. The Morgan fingerprint density at radius 1 is 1.13 bits per heavy atom. The highest BCUT2D eigenvalue weighted by atomic mass is 16.1. The number of H-pyrrole nitrogens is 1. The molecule has 0 saturated carbocycles. The predicted octanol–water partition coefficient (Wildman–Crippen LogP) is 3.71. The molecule has 0 atom stereocenters. The van der Waals surface area contributed by atoms with Crippen LogP contribution in [0, 0.1) is 18.3 Å². The number of nitrogens with one attached hydrogen (secondary N) is 1. The van der Waals surface area contributed by atoms with Gasteiger partial charge in [0.25, 0.3) is 0 Å². The van der Waals surface area contributed by atoms with Gasteiger partial charge in [-0.05, 0) is 36.2 Å². The molecule has 2 aromatic carbocycles. The first-order valence-electron chi connectivity index (χ1n) is 10.0. The number of benzene rings is 2. The lowest BCUT2D eigenvalue weighted by atomic mass is 10.1. The van der Waals surface area contributed by atoms with Crippen molar-refractivity contribution in [3.05, 3.63) is 82.2 Å². The van der Waals surface area contributed by atoms with Crippen LogP contribution in [-0.4, -0.2) is 29.1 Å². The Labute approximate surface area is 178 Å². The zero-order valence-corrected chi connectivity index (χ0v) is 17.5. The van der Waals surface area contributed by atoms with Gasteiger partial charge < -0.3 is 4.98 Å². The number of nitriles is 1. The summed E-state index contributed by atoms with van der Waals surface area (Å²) in [6.45, 7) is 6.42. The molecule has 5 rings (SSSR count). The normalized spacial score (nSPS) is 10.6. The molecule has 3 heterocycles. The first-order valence-corrected chi connectivity index (χ1v) is 10.0. The van der Waals surface area contributed by atoms with E-state index < -0.39 is 0 Å². The van der Waals surface area contributed by atoms with Crippen LogP contribution in [0.1, 0.15) is 30.5 Å². The number of hydrogen-bond donors (Lipinski definition) is 1. The van der Waals surface area contributed by atoms with Gasteiger partial charge in [0.1, 0.15) is 11.8 Å². The fraction of sp³-hybridized carbons (Fsp3) is 0.174. The number of imidazole rings is 2. The molecule has 5 aromatic rings. The third-order valence-electron chi connectivity index (χ3n) is 4.98. The lowest BCUT2D eigenvalue weighted by molar-refractivity contribution is 0.770. The molecule has 0 aliphatic heterocycles. The Hall–Kier alpha value is -4.25. The van der Waals surface area contributed by atoms with Crippen LogP contribution in [0.3, 0.4) is 0 Å². The van der Waals surface area contributed by atoms with Crippen LogP contribution in [0.4, 0.5) is 0 Å². The molecule has 3 aromatic heterocycles. The molecule has 0 amide bonds. The van der Waals surface area contributed by atoms with Crippen LogP contribution in [0.5, 0.6) is 0 Å². The molecule has 0 saturated heterocycles. The maximum absolute atomic E-state index is 12.5. The van der Waals surface area contributed by atoms with Gasteiger partial charge in [-0.25, -0.2) is 14.8 Å². The second-order valence-electron chi connectivity index (χ2n) is 6.78. The van der Waals surface area contributed by atoms with E-state index >= 15 is 0 Å². The van der Waals surface area contributed by atoms with Crippen LogP contribution in [0.2, 0.25) is 0 Å². The summed E-state index contributed by atoms with van der Waals surface area (Å²) in [5.74, 6) is 0.382. The lowest BCUT2D eigenvalue weighted by Gasteiger charge is -2.07. The van der Waals surface area contributed by atoms with E-state index in [0.29, 0.717) is 29.2 Å². The third kappa shape index (κ3) is 3.57. The van der Waals surface area contributed by atoms with Crippen molar-refractivity contribution >= 4 is 22.2 Å². The van der Waals surface area contributed by atoms with Gasteiger partial charge in [0.05, 0.1) is 35.4 Å². The molecule has 0 radical (unpaired) electrons. The number of rotatable bonds is 3. The summed E-state index contributed by atoms with van der Waals surface area (Å²) in [4.78, 5) is 28.7. The molecule has 0 aliphatic carbocycles. The highest BCUT2D eigenvalue weighted by Gasteiger charge is 2.14. The van der Waals surface area contributed by atoms with E-state index in [1.165, 1.54) is 0 Å². The molecule has 0 unspecified atom stereocenters. The Morgan fingerprint density at radius 2 is 1.94 bits per heavy atom. The molecule has 8 nitrogen and oxygen atoms in total. The van der Waals surface area contributed by atoms with Crippen LogP contribution in [0.25, 0.3) is 28.1 Å². The van der Waals surface area contributed by atoms with Gasteiger partial charge in [0.2, 0.25) is 5.95 Å². The van der Waals surface area contributed by atoms with Gasteiger partial charge in [-0.15, -0.1) is 0 Å². The highest BCUT2D eigenvalue weighted by Crippen LogP contribution is 2.19. The summed E-state index contributed by atoms with van der Waals surface area (Å²) in [6, 6.07) is 15.3. The van der Waals surface area contributed by atoms with Crippen molar-refractivity contribution in [2.24, 2.45) is 0 Å². The average Bonchev–Trinajstić information content (AvgIpc) is 3.36. The number of aromatic amines is 1. The number of hydrogen-bond acceptors (Lipinski definition) is 5. The first kappa shape index (κ1) is 20.0. The van der Waals surface area contributed by atoms with Crippen LogP contribution < -0.4 is 5.69 Å². The molecular formula is C23H21N7O. The van der Waals surface area contributed by atoms with Crippen LogP contribution >= 0.6 is 0 Å². The van der Waals surface area contributed by atoms with Crippen molar-refractivity contribution in [2.45, 2.75) is 27.3 Å². The summed E-state index contributed by atoms with van der Waals surface area (Å²) in [5.41, 5.74) is 4.98. The lowest BCUT2D eigenvalue weighted by Crippen LogP contribution is -2.18. The van der Waals surface area contributed by atoms with E-state index in [4.69, 9.17) is 0 Å². The van der Waals surface area contributed by atoms with Crippen molar-refractivity contribution in [1.82, 2.24) is 29.1 Å². The molecular weight excluding hydrogens is 390 g/mol. The van der Waals surface area contributed by atoms with E-state index in [-0.39, 0.29) is 5.69 Å². The first-order chi connectivity index (χ1) is 15.1. The van der Waals surface area contributed by atoms with Crippen molar-refractivity contribution in [3.8, 4) is 12.0 Å². The maximum atomic E-state index is 12.5. The quantitative estimate of drug-likeness (QED) is 0.487. The van der Waals surface area contributed by atoms with Crippen LogP contribution in [-0.2, 0) is 6.54 Å².